The van der Waals surface area contributed by atoms with Gasteiger partial charge in [-0.1, -0.05) is 38.3 Å². The summed E-state index contributed by atoms with van der Waals surface area (Å²) in [6.07, 6.45) is 6.39. The fraction of sp³-hybridized carbons (Fsp3) is 0.647. The Hall–Kier alpha value is -1.26. The molecular weight excluding hydrogens is 264 g/mol. The highest BCUT2D eigenvalue weighted by Gasteiger charge is 2.28. The summed E-state index contributed by atoms with van der Waals surface area (Å²) in [6.45, 7) is 3.63. The van der Waals surface area contributed by atoms with Crippen LogP contribution in [0.3, 0.4) is 0 Å². The summed E-state index contributed by atoms with van der Waals surface area (Å²) >= 11 is 0. The number of nitrogens with two attached hydrogens (primary N) is 1. The molecule has 0 amide bonds. The molecule has 1 aliphatic rings. The third kappa shape index (κ3) is 3.50. The second kappa shape index (κ2) is 7.66. The van der Waals surface area contributed by atoms with Gasteiger partial charge in [0.15, 0.2) is 11.5 Å². The van der Waals surface area contributed by atoms with Crippen molar-refractivity contribution in [2.24, 2.45) is 5.73 Å². The standard InChI is InChI=1S/C17H28N2O2/c1-3-19(13-8-5-4-6-9-13)15(12-18)14-10-7-11-16(21-2)17(14)20/h7,10-11,13,15,20H,3-6,8-9,12,18H2,1-2H3. The summed E-state index contributed by atoms with van der Waals surface area (Å²) in [5.41, 5.74) is 6.93. The van der Waals surface area contributed by atoms with Crippen LogP contribution in [-0.4, -0.2) is 36.2 Å². The molecule has 1 aliphatic carbocycles. The molecule has 2 rings (SSSR count). The molecule has 0 heterocycles. The quantitative estimate of drug-likeness (QED) is 0.846. The van der Waals surface area contributed by atoms with E-state index in [-0.39, 0.29) is 11.8 Å². The molecule has 21 heavy (non-hydrogen) atoms. The summed E-state index contributed by atoms with van der Waals surface area (Å²) in [7, 11) is 1.58. The molecule has 118 valence electrons. The van der Waals surface area contributed by atoms with Crippen molar-refractivity contribution >= 4 is 0 Å². The highest BCUT2D eigenvalue weighted by Crippen LogP contribution is 2.37. The summed E-state index contributed by atoms with van der Waals surface area (Å²) in [5.74, 6) is 0.746. The minimum absolute atomic E-state index is 0.0493. The highest BCUT2D eigenvalue weighted by atomic mass is 16.5. The van der Waals surface area contributed by atoms with Gasteiger partial charge >= 0.3 is 0 Å². The second-order valence-electron chi connectivity index (χ2n) is 5.77. The van der Waals surface area contributed by atoms with Crippen LogP contribution in [0.2, 0.25) is 0 Å². The number of hydrogen-bond acceptors (Lipinski definition) is 4. The van der Waals surface area contributed by atoms with Gasteiger partial charge < -0.3 is 15.6 Å². The number of nitrogens with zero attached hydrogens (tertiary/aromatic N) is 1. The number of benzene rings is 1. The van der Waals surface area contributed by atoms with E-state index in [0.29, 0.717) is 18.3 Å². The zero-order valence-electron chi connectivity index (χ0n) is 13.2. The van der Waals surface area contributed by atoms with Crippen LogP contribution in [0.4, 0.5) is 0 Å². The molecule has 3 N–H and O–H groups in total. The topological polar surface area (TPSA) is 58.7 Å². The number of hydrogen-bond donors (Lipinski definition) is 2. The van der Waals surface area contributed by atoms with Crippen LogP contribution in [0.25, 0.3) is 0 Å². The van der Waals surface area contributed by atoms with E-state index in [4.69, 9.17) is 10.5 Å². The van der Waals surface area contributed by atoms with Gasteiger partial charge in [-0.15, -0.1) is 0 Å². The lowest BCUT2D eigenvalue weighted by Crippen LogP contribution is -2.42. The third-order valence-corrected chi connectivity index (χ3v) is 4.64. The Bertz CT molecular complexity index is 444. The molecule has 1 aromatic carbocycles. The van der Waals surface area contributed by atoms with Crippen LogP contribution >= 0.6 is 0 Å². The lowest BCUT2D eigenvalue weighted by molar-refractivity contribution is 0.112. The Balaban J connectivity index is 2.28. The minimum Gasteiger partial charge on any atom is -0.504 e. The maximum atomic E-state index is 10.4. The van der Waals surface area contributed by atoms with Crippen molar-refractivity contribution in [2.45, 2.75) is 51.1 Å². The summed E-state index contributed by atoms with van der Waals surface area (Å²) in [5, 5.41) is 10.4. The number of rotatable bonds is 6. The van der Waals surface area contributed by atoms with E-state index >= 15 is 0 Å². The van der Waals surface area contributed by atoms with E-state index < -0.39 is 0 Å². The van der Waals surface area contributed by atoms with Crippen molar-refractivity contribution in [1.82, 2.24) is 4.90 Å². The molecule has 0 bridgehead atoms. The van der Waals surface area contributed by atoms with Crippen LogP contribution in [-0.2, 0) is 0 Å². The first-order valence-electron chi connectivity index (χ1n) is 8.04. The van der Waals surface area contributed by atoms with Gasteiger partial charge in [-0.25, -0.2) is 0 Å². The fourth-order valence-corrected chi connectivity index (χ4v) is 3.56. The molecule has 1 fully saturated rings. The van der Waals surface area contributed by atoms with E-state index in [1.807, 2.05) is 12.1 Å². The van der Waals surface area contributed by atoms with Crippen LogP contribution in [0.1, 0.15) is 50.6 Å². The van der Waals surface area contributed by atoms with Crippen LogP contribution < -0.4 is 10.5 Å². The Morgan fingerprint density at radius 1 is 1.33 bits per heavy atom. The fourth-order valence-electron chi connectivity index (χ4n) is 3.56. The second-order valence-corrected chi connectivity index (χ2v) is 5.77. The number of aromatic hydroxyl groups is 1. The van der Waals surface area contributed by atoms with Gasteiger partial charge in [0.2, 0.25) is 0 Å². The smallest absolute Gasteiger partial charge is 0.162 e. The van der Waals surface area contributed by atoms with Gasteiger partial charge in [0.25, 0.3) is 0 Å². The molecular formula is C17H28N2O2. The van der Waals surface area contributed by atoms with Crippen molar-refractivity contribution in [1.29, 1.82) is 0 Å². The molecule has 0 saturated heterocycles. The van der Waals surface area contributed by atoms with Crippen LogP contribution in [0.15, 0.2) is 18.2 Å². The Kier molecular flexibility index (Phi) is 5.88. The number of ether oxygens (including phenoxy) is 1. The maximum absolute atomic E-state index is 10.4. The summed E-state index contributed by atoms with van der Waals surface area (Å²) < 4.78 is 5.23. The molecule has 4 nitrogen and oxygen atoms in total. The monoisotopic (exact) mass is 292 g/mol. The minimum atomic E-state index is 0.0493. The number of methoxy groups -OCH3 is 1. The molecule has 1 saturated carbocycles. The predicted octanol–water partition coefficient (Wildman–Crippen LogP) is 3.06. The zero-order chi connectivity index (χ0) is 15.2. The Morgan fingerprint density at radius 2 is 2.05 bits per heavy atom. The van der Waals surface area contributed by atoms with E-state index in [1.54, 1.807) is 13.2 Å². The average Bonchev–Trinajstić information content (AvgIpc) is 2.54. The van der Waals surface area contributed by atoms with Crippen molar-refractivity contribution < 1.29 is 9.84 Å². The van der Waals surface area contributed by atoms with Crippen molar-refractivity contribution in [3.8, 4) is 11.5 Å². The van der Waals surface area contributed by atoms with Crippen LogP contribution in [0.5, 0.6) is 11.5 Å². The molecule has 1 unspecified atom stereocenters. The molecule has 1 atom stereocenters. The first kappa shape index (κ1) is 16.1. The van der Waals surface area contributed by atoms with Crippen LogP contribution in [0, 0.1) is 0 Å². The largest absolute Gasteiger partial charge is 0.504 e. The first-order valence-corrected chi connectivity index (χ1v) is 8.04. The number of likely N-dealkylation sites (N-methyl/N-ethyl adjacent to an activating group) is 1. The molecule has 0 aliphatic heterocycles. The van der Waals surface area contributed by atoms with Crippen molar-refractivity contribution in [3.05, 3.63) is 23.8 Å². The number of phenols is 1. The zero-order valence-corrected chi connectivity index (χ0v) is 13.2. The van der Waals surface area contributed by atoms with Gasteiger partial charge in [-0.3, -0.25) is 4.90 Å². The molecule has 0 spiro atoms. The molecule has 4 heteroatoms. The van der Waals surface area contributed by atoms with Gasteiger partial charge in [0, 0.05) is 18.2 Å². The summed E-state index contributed by atoms with van der Waals surface area (Å²) in [6, 6.07) is 6.28. The van der Waals surface area contributed by atoms with E-state index in [2.05, 4.69) is 11.8 Å². The Morgan fingerprint density at radius 3 is 2.62 bits per heavy atom. The SMILES string of the molecule is CCN(C1CCCCC1)C(CN)c1cccc(OC)c1O. The van der Waals surface area contributed by atoms with Gasteiger partial charge in [-0.2, -0.15) is 0 Å². The number of phenolic OH excluding ortho intramolecular Hbond substituents is 1. The molecule has 0 aromatic heterocycles. The molecule has 1 aromatic rings. The van der Waals surface area contributed by atoms with Gasteiger partial charge in [0.1, 0.15) is 0 Å². The predicted molar refractivity (Wildman–Crippen MR) is 85.7 cm³/mol. The lowest BCUT2D eigenvalue weighted by Gasteiger charge is -2.39. The lowest BCUT2D eigenvalue weighted by atomic mass is 9.91. The van der Waals surface area contributed by atoms with E-state index in [1.165, 1.54) is 32.1 Å². The highest BCUT2D eigenvalue weighted by molar-refractivity contribution is 5.47. The molecule has 0 radical (unpaired) electrons. The van der Waals surface area contributed by atoms with Gasteiger partial charge in [0.05, 0.1) is 13.2 Å². The van der Waals surface area contributed by atoms with Gasteiger partial charge in [-0.05, 0) is 25.5 Å². The average molecular weight is 292 g/mol. The number of para-hydroxylation sites is 1. The maximum Gasteiger partial charge on any atom is 0.162 e. The summed E-state index contributed by atoms with van der Waals surface area (Å²) in [4.78, 5) is 2.45. The Labute approximate surface area is 127 Å². The normalized spacial score (nSPS) is 17.9. The van der Waals surface area contributed by atoms with E-state index in [9.17, 15) is 5.11 Å². The van der Waals surface area contributed by atoms with Crippen molar-refractivity contribution in [3.63, 3.8) is 0 Å². The third-order valence-electron chi connectivity index (χ3n) is 4.64. The van der Waals surface area contributed by atoms with Crippen molar-refractivity contribution in [2.75, 3.05) is 20.2 Å². The first-order chi connectivity index (χ1) is 10.2. The van der Waals surface area contributed by atoms with E-state index in [0.717, 1.165) is 12.1 Å².